The minimum absolute atomic E-state index is 0.153. The van der Waals surface area contributed by atoms with Gasteiger partial charge < -0.3 is 4.74 Å². The van der Waals surface area contributed by atoms with Crippen LogP contribution >= 0.6 is 11.6 Å². The van der Waals surface area contributed by atoms with Crippen LogP contribution in [0.3, 0.4) is 0 Å². The van der Waals surface area contributed by atoms with Crippen LogP contribution in [0.2, 0.25) is 0 Å². The number of hydrogen-bond donors (Lipinski definition) is 0. The number of ketones is 3. The Balaban J connectivity index is 1.84. The average molecular weight is 479 g/mol. The van der Waals surface area contributed by atoms with Crippen LogP contribution in [0.4, 0.5) is 4.39 Å². The van der Waals surface area contributed by atoms with Crippen LogP contribution in [0.5, 0.6) is 0 Å². The largest absolute Gasteiger partial charge is 0.450 e. The van der Waals surface area contributed by atoms with Crippen molar-refractivity contribution in [2.75, 3.05) is 5.88 Å². The molecule has 5 nitrogen and oxygen atoms in total. The summed E-state index contributed by atoms with van der Waals surface area (Å²) in [6.07, 6.45) is 6.21. The number of Topliss-reactive ketones (excluding diaryl/α,β-unsaturated/α-hetero) is 2. The first-order chi connectivity index (χ1) is 15.4. The van der Waals surface area contributed by atoms with Crippen molar-refractivity contribution in [1.82, 2.24) is 0 Å². The fourth-order valence-electron chi connectivity index (χ4n) is 7.66. The molecular weight excluding hydrogens is 447 g/mol. The maximum absolute atomic E-state index is 17.1. The molecule has 180 valence electrons. The van der Waals surface area contributed by atoms with Gasteiger partial charge in [-0.25, -0.2) is 4.39 Å². The number of carbonyl (C=O) groups is 4. The first-order valence-electron chi connectivity index (χ1n) is 11.9. The Morgan fingerprint density at radius 2 is 1.94 bits per heavy atom. The van der Waals surface area contributed by atoms with E-state index in [0.717, 1.165) is 0 Å². The fraction of sp³-hybridized carbons (Fsp3) is 0.692. The monoisotopic (exact) mass is 478 g/mol. The Morgan fingerprint density at radius 1 is 1.24 bits per heavy atom. The van der Waals surface area contributed by atoms with Crippen molar-refractivity contribution in [3.63, 3.8) is 0 Å². The summed E-state index contributed by atoms with van der Waals surface area (Å²) in [5.74, 6) is -3.45. The van der Waals surface area contributed by atoms with Gasteiger partial charge in [-0.05, 0) is 50.7 Å². The van der Waals surface area contributed by atoms with E-state index in [1.54, 1.807) is 19.9 Å². The number of hydrogen-bond acceptors (Lipinski definition) is 5. The highest BCUT2D eigenvalue weighted by Gasteiger charge is 2.77. The zero-order valence-corrected chi connectivity index (χ0v) is 20.5. The molecule has 0 aromatic heterocycles. The third-order valence-electron chi connectivity index (χ3n) is 9.21. The van der Waals surface area contributed by atoms with Crippen molar-refractivity contribution in [3.05, 3.63) is 23.8 Å². The van der Waals surface area contributed by atoms with Crippen LogP contribution in [-0.2, 0) is 23.9 Å². The highest BCUT2D eigenvalue weighted by molar-refractivity contribution is 6.29. The molecule has 3 saturated carbocycles. The molecule has 7 heteroatoms. The highest BCUT2D eigenvalue weighted by Crippen LogP contribution is 2.70. The van der Waals surface area contributed by atoms with E-state index in [9.17, 15) is 19.2 Å². The molecule has 4 aliphatic carbocycles. The Morgan fingerprint density at radius 3 is 2.58 bits per heavy atom. The molecule has 4 rings (SSSR count). The lowest BCUT2D eigenvalue weighted by molar-refractivity contribution is -0.201. The second-order valence-corrected chi connectivity index (χ2v) is 11.0. The lowest BCUT2D eigenvalue weighted by Crippen LogP contribution is -2.68. The SMILES string of the molecule is CCCC(=O)O[C@@]1(C(=O)CCl)[C@@H](C)CC2C3CCC4=CC(=O)C=C[C@]4(C)C3(F)C(=O)C[C@@]21C. The van der Waals surface area contributed by atoms with E-state index in [4.69, 9.17) is 16.3 Å². The Bertz CT molecular complexity index is 987. The first-order valence-corrected chi connectivity index (χ1v) is 12.4. The molecular formula is C26H32ClFO5. The summed E-state index contributed by atoms with van der Waals surface area (Å²) in [5.41, 5.74) is -5.35. The van der Waals surface area contributed by atoms with E-state index in [-0.39, 0.29) is 30.4 Å². The molecule has 0 aromatic rings. The normalized spacial score (nSPS) is 43.9. The summed E-state index contributed by atoms with van der Waals surface area (Å²) in [5, 5.41) is 0. The van der Waals surface area contributed by atoms with E-state index < -0.39 is 51.5 Å². The van der Waals surface area contributed by atoms with Gasteiger partial charge in [-0.1, -0.05) is 32.4 Å². The fourth-order valence-corrected chi connectivity index (χ4v) is 7.86. The van der Waals surface area contributed by atoms with Crippen LogP contribution in [0.25, 0.3) is 0 Å². The lowest BCUT2D eigenvalue weighted by Gasteiger charge is -2.59. The standard InChI is InChI=1S/C26H32ClFO5/c1-5-6-22(32)33-26(21(31)14-27)15(2)11-19-18-8-7-16-12-17(29)9-10-23(16,3)25(18,28)20(30)13-24(19,26)4/h9-10,12,15,18-19H,5-8,11,13-14H2,1-4H3/t15-,18?,19?,23-,24-,25?,26+/m0/s1. The van der Waals surface area contributed by atoms with Crippen LogP contribution < -0.4 is 0 Å². The number of alkyl halides is 2. The molecule has 7 atom stereocenters. The molecule has 0 amide bonds. The summed E-state index contributed by atoms with van der Waals surface area (Å²) in [4.78, 5) is 51.7. The molecule has 33 heavy (non-hydrogen) atoms. The maximum atomic E-state index is 17.1. The molecule has 0 aliphatic heterocycles. The minimum atomic E-state index is -2.19. The third kappa shape index (κ3) is 2.95. The van der Waals surface area contributed by atoms with Crippen molar-refractivity contribution >= 4 is 34.9 Å². The van der Waals surface area contributed by atoms with Crippen molar-refractivity contribution in [3.8, 4) is 0 Å². The molecule has 3 unspecified atom stereocenters. The summed E-state index contributed by atoms with van der Waals surface area (Å²) in [7, 11) is 0. The zero-order chi connectivity index (χ0) is 24.4. The second-order valence-electron chi connectivity index (χ2n) is 10.7. The number of fused-ring (bicyclic) bond motifs is 5. The third-order valence-corrected chi connectivity index (χ3v) is 9.45. The van der Waals surface area contributed by atoms with Gasteiger partial charge in [0.05, 0.1) is 5.88 Å². The molecule has 4 aliphatic rings. The molecule has 0 N–H and O–H groups in total. The Kier molecular flexibility index (Phi) is 5.79. The summed E-state index contributed by atoms with van der Waals surface area (Å²) >= 11 is 6.02. The van der Waals surface area contributed by atoms with E-state index >= 15 is 4.39 Å². The van der Waals surface area contributed by atoms with Gasteiger partial charge in [0.15, 0.2) is 28.6 Å². The topological polar surface area (TPSA) is 77.5 Å². The van der Waals surface area contributed by atoms with Gasteiger partial charge in [0.1, 0.15) is 0 Å². The number of carbonyl (C=O) groups excluding carboxylic acids is 4. The minimum Gasteiger partial charge on any atom is -0.450 e. The number of rotatable bonds is 5. The van der Waals surface area contributed by atoms with Crippen LogP contribution in [0.1, 0.15) is 66.2 Å². The summed E-state index contributed by atoms with van der Waals surface area (Å²) < 4.78 is 23.1. The van der Waals surface area contributed by atoms with Gasteiger partial charge in [0.25, 0.3) is 0 Å². The highest BCUT2D eigenvalue weighted by atomic mass is 35.5. The van der Waals surface area contributed by atoms with Gasteiger partial charge >= 0.3 is 5.97 Å². The number of ether oxygens (including phenoxy) is 1. The van der Waals surface area contributed by atoms with Gasteiger partial charge in [-0.2, -0.15) is 0 Å². The van der Waals surface area contributed by atoms with E-state index in [0.29, 0.717) is 31.3 Å². The van der Waals surface area contributed by atoms with E-state index in [1.165, 1.54) is 12.2 Å². The lowest BCUT2D eigenvalue weighted by atomic mass is 9.45. The molecule has 0 spiro atoms. The van der Waals surface area contributed by atoms with Crippen molar-refractivity contribution in [1.29, 1.82) is 0 Å². The number of esters is 1. The summed E-state index contributed by atoms with van der Waals surface area (Å²) in [6, 6.07) is 0. The Labute approximate surface area is 199 Å². The van der Waals surface area contributed by atoms with Gasteiger partial charge in [0, 0.05) is 35.5 Å². The van der Waals surface area contributed by atoms with Crippen LogP contribution in [0, 0.1) is 28.6 Å². The van der Waals surface area contributed by atoms with Gasteiger partial charge in [-0.3, -0.25) is 19.2 Å². The van der Waals surface area contributed by atoms with Crippen molar-refractivity contribution < 1.29 is 28.3 Å². The van der Waals surface area contributed by atoms with E-state index in [1.807, 2.05) is 13.8 Å². The quantitative estimate of drug-likeness (QED) is 0.422. The molecule has 3 fully saturated rings. The van der Waals surface area contributed by atoms with Crippen molar-refractivity contribution in [2.45, 2.75) is 77.5 Å². The number of allylic oxidation sites excluding steroid dienone is 4. The average Bonchev–Trinajstić information content (AvgIpc) is 2.97. The van der Waals surface area contributed by atoms with E-state index in [2.05, 4.69) is 0 Å². The van der Waals surface area contributed by atoms with Gasteiger partial charge in [0.2, 0.25) is 0 Å². The summed E-state index contributed by atoms with van der Waals surface area (Å²) in [6.45, 7) is 7.19. The number of halogens is 2. The van der Waals surface area contributed by atoms with Crippen LogP contribution in [0.15, 0.2) is 23.8 Å². The second kappa shape index (κ2) is 7.86. The first kappa shape index (κ1) is 24.3. The van der Waals surface area contributed by atoms with Gasteiger partial charge in [-0.15, -0.1) is 11.6 Å². The predicted octanol–water partition coefficient (Wildman–Crippen LogP) is 4.70. The smallest absolute Gasteiger partial charge is 0.306 e. The maximum Gasteiger partial charge on any atom is 0.306 e. The molecule has 0 aromatic carbocycles. The molecule has 0 bridgehead atoms. The molecule has 0 radical (unpaired) electrons. The van der Waals surface area contributed by atoms with Crippen LogP contribution in [-0.4, -0.2) is 40.5 Å². The Hall–Kier alpha value is -1.82. The zero-order valence-electron chi connectivity index (χ0n) is 19.7. The molecule has 0 heterocycles. The van der Waals surface area contributed by atoms with Crippen molar-refractivity contribution in [2.24, 2.45) is 28.6 Å². The molecule has 0 saturated heterocycles. The predicted molar refractivity (Wildman–Crippen MR) is 121 cm³/mol.